The molecule has 19 heavy (non-hydrogen) atoms. The quantitative estimate of drug-likeness (QED) is 0.774. The molecule has 3 nitrogen and oxygen atoms in total. The fourth-order valence-corrected chi connectivity index (χ4v) is 2.47. The first kappa shape index (κ1) is 11.9. The highest BCUT2D eigenvalue weighted by atomic mass is 15.0. The number of pyridine rings is 1. The van der Waals surface area contributed by atoms with E-state index >= 15 is 0 Å². The van der Waals surface area contributed by atoms with Gasteiger partial charge in [-0.15, -0.1) is 0 Å². The summed E-state index contributed by atoms with van der Waals surface area (Å²) in [6, 6.07) is 14.5. The van der Waals surface area contributed by atoms with Gasteiger partial charge in [0.25, 0.3) is 0 Å². The van der Waals surface area contributed by atoms with Crippen molar-refractivity contribution in [3.8, 4) is 0 Å². The molecule has 0 saturated heterocycles. The van der Waals surface area contributed by atoms with Crippen LogP contribution in [0.2, 0.25) is 0 Å². The summed E-state index contributed by atoms with van der Waals surface area (Å²) >= 11 is 0. The number of hydrogen-bond acceptors (Lipinski definition) is 2. The lowest BCUT2D eigenvalue weighted by atomic mass is 10.1. The number of nitrogens with zero attached hydrogens (tertiary/aromatic N) is 2. The van der Waals surface area contributed by atoms with Crippen LogP contribution in [-0.4, -0.2) is 16.1 Å². The molecule has 0 unspecified atom stereocenters. The first-order valence-corrected chi connectivity index (χ1v) is 6.55. The number of hydrogen-bond donors (Lipinski definition) is 1. The number of nitrogens with two attached hydrogens (primary N) is 1. The third-order valence-corrected chi connectivity index (χ3v) is 3.34. The molecule has 2 aromatic heterocycles. The van der Waals surface area contributed by atoms with Gasteiger partial charge in [0.05, 0.1) is 12.2 Å². The van der Waals surface area contributed by atoms with Crippen molar-refractivity contribution in [2.75, 3.05) is 6.54 Å². The zero-order valence-electron chi connectivity index (χ0n) is 10.8. The summed E-state index contributed by atoms with van der Waals surface area (Å²) in [5.74, 6) is 0. The van der Waals surface area contributed by atoms with E-state index in [0.717, 1.165) is 18.7 Å². The first-order valence-electron chi connectivity index (χ1n) is 6.55. The summed E-state index contributed by atoms with van der Waals surface area (Å²) in [6.07, 6.45) is 4.95. The molecule has 2 heterocycles. The van der Waals surface area contributed by atoms with E-state index in [1.165, 1.54) is 16.5 Å². The average molecular weight is 251 g/mol. The lowest BCUT2D eigenvalue weighted by molar-refractivity contribution is 0.800. The second-order valence-corrected chi connectivity index (χ2v) is 4.66. The molecule has 0 bridgehead atoms. The van der Waals surface area contributed by atoms with Gasteiger partial charge in [-0.3, -0.25) is 4.98 Å². The minimum absolute atomic E-state index is 0.678. The molecule has 0 aliphatic carbocycles. The first-order chi connectivity index (χ1) is 9.38. The Morgan fingerprint density at radius 2 is 1.89 bits per heavy atom. The summed E-state index contributed by atoms with van der Waals surface area (Å²) in [5, 5.41) is 1.30. The second-order valence-electron chi connectivity index (χ2n) is 4.66. The molecule has 96 valence electrons. The Kier molecular flexibility index (Phi) is 3.29. The normalized spacial score (nSPS) is 11.0. The van der Waals surface area contributed by atoms with Gasteiger partial charge < -0.3 is 10.3 Å². The Balaban J connectivity index is 2.03. The number of rotatable bonds is 4. The van der Waals surface area contributed by atoms with Crippen molar-refractivity contribution in [1.82, 2.24) is 9.55 Å². The Hall–Kier alpha value is -2.13. The van der Waals surface area contributed by atoms with Crippen LogP contribution >= 0.6 is 0 Å². The Morgan fingerprint density at radius 1 is 1.05 bits per heavy atom. The van der Waals surface area contributed by atoms with Crippen molar-refractivity contribution in [2.45, 2.75) is 13.0 Å². The molecule has 0 radical (unpaired) electrons. The molecular weight excluding hydrogens is 234 g/mol. The van der Waals surface area contributed by atoms with Crippen LogP contribution in [0, 0.1) is 0 Å². The van der Waals surface area contributed by atoms with Gasteiger partial charge in [0.2, 0.25) is 0 Å². The fourth-order valence-electron chi connectivity index (χ4n) is 2.47. The van der Waals surface area contributed by atoms with E-state index in [2.05, 4.69) is 46.1 Å². The summed E-state index contributed by atoms with van der Waals surface area (Å²) in [5.41, 5.74) is 9.32. The Morgan fingerprint density at radius 3 is 2.68 bits per heavy atom. The maximum absolute atomic E-state index is 5.69. The molecule has 0 fully saturated rings. The molecule has 0 atom stereocenters. The number of aromatic nitrogens is 2. The minimum Gasteiger partial charge on any atom is -0.341 e. The highest BCUT2D eigenvalue weighted by molar-refractivity contribution is 5.84. The van der Waals surface area contributed by atoms with E-state index < -0.39 is 0 Å². The molecule has 0 saturated carbocycles. The summed E-state index contributed by atoms with van der Waals surface area (Å²) in [7, 11) is 0. The summed E-state index contributed by atoms with van der Waals surface area (Å²) in [6.45, 7) is 1.48. The van der Waals surface area contributed by atoms with E-state index in [1.54, 1.807) is 0 Å². The Labute approximate surface area is 112 Å². The second kappa shape index (κ2) is 5.24. The predicted octanol–water partition coefficient (Wildman–Crippen LogP) is 2.59. The highest BCUT2D eigenvalue weighted by Gasteiger charge is 2.07. The van der Waals surface area contributed by atoms with Gasteiger partial charge in [-0.2, -0.15) is 0 Å². The maximum atomic E-state index is 5.69. The van der Waals surface area contributed by atoms with Crippen molar-refractivity contribution >= 4 is 10.9 Å². The Bertz CT molecular complexity index is 671. The van der Waals surface area contributed by atoms with Crippen LogP contribution in [-0.2, 0) is 13.0 Å². The molecule has 3 rings (SSSR count). The molecule has 2 N–H and O–H groups in total. The van der Waals surface area contributed by atoms with Crippen LogP contribution in [0.5, 0.6) is 0 Å². The van der Waals surface area contributed by atoms with Gasteiger partial charge in [-0.05, 0) is 36.7 Å². The van der Waals surface area contributed by atoms with Crippen LogP contribution < -0.4 is 5.73 Å². The summed E-state index contributed by atoms with van der Waals surface area (Å²) in [4.78, 5) is 4.39. The molecule has 0 aliphatic rings. The van der Waals surface area contributed by atoms with Gasteiger partial charge in [0.15, 0.2) is 0 Å². The number of para-hydroxylation sites is 1. The molecular formula is C16H17N3. The monoisotopic (exact) mass is 251 g/mol. The topological polar surface area (TPSA) is 43.8 Å². The van der Waals surface area contributed by atoms with Crippen LogP contribution in [0.3, 0.4) is 0 Å². The molecule has 0 spiro atoms. The summed E-state index contributed by atoms with van der Waals surface area (Å²) < 4.78 is 2.25. The minimum atomic E-state index is 0.678. The van der Waals surface area contributed by atoms with Crippen molar-refractivity contribution in [1.29, 1.82) is 0 Å². The van der Waals surface area contributed by atoms with Gasteiger partial charge in [-0.1, -0.05) is 24.3 Å². The van der Waals surface area contributed by atoms with Gasteiger partial charge >= 0.3 is 0 Å². The van der Waals surface area contributed by atoms with E-state index in [-0.39, 0.29) is 0 Å². The van der Waals surface area contributed by atoms with Crippen molar-refractivity contribution in [3.05, 3.63) is 66.1 Å². The molecule has 3 aromatic rings. The molecule has 0 amide bonds. The number of benzene rings is 1. The largest absolute Gasteiger partial charge is 0.341 e. The smallest absolute Gasteiger partial charge is 0.0648 e. The standard InChI is InChI=1S/C16H17N3/c17-9-8-13-11-19(12-14-5-3-4-10-18-14)16-7-2-1-6-15(13)16/h1-7,10-11H,8-9,12,17H2. The molecule has 3 heteroatoms. The van der Waals surface area contributed by atoms with E-state index in [4.69, 9.17) is 5.73 Å². The SMILES string of the molecule is NCCc1cn(Cc2ccccn2)c2ccccc12. The van der Waals surface area contributed by atoms with Crippen LogP contribution in [0.25, 0.3) is 10.9 Å². The number of fused-ring (bicyclic) bond motifs is 1. The zero-order valence-corrected chi connectivity index (χ0v) is 10.8. The molecule has 0 aliphatic heterocycles. The fraction of sp³-hybridized carbons (Fsp3) is 0.188. The van der Waals surface area contributed by atoms with Crippen molar-refractivity contribution in [3.63, 3.8) is 0 Å². The average Bonchev–Trinajstić information content (AvgIpc) is 2.79. The third kappa shape index (κ3) is 2.37. The van der Waals surface area contributed by atoms with Crippen molar-refractivity contribution < 1.29 is 0 Å². The van der Waals surface area contributed by atoms with E-state index in [9.17, 15) is 0 Å². The van der Waals surface area contributed by atoms with Crippen molar-refractivity contribution in [2.24, 2.45) is 5.73 Å². The van der Waals surface area contributed by atoms with Gasteiger partial charge in [0, 0.05) is 23.3 Å². The third-order valence-electron chi connectivity index (χ3n) is 3.34. The maximum Gasteiger partial charge on any atom is 0.0648 e. The lowest BCUT2D eigenvalue weighted by Gasteiger charge is -2.04. The van der Waals surface area contributed by atoms with Gasteiger partial charge in [-0.25, -0.2) is 0 Å². The predicted molar refractivity (Wildman–Crippen MR) is 78.0 cm³/mol. The van der Waals surface area contributed by atoms with E-state index in [1.807, 2.05) is 18.3 Å². The van der Waals surface area contributed by atoms with Crippen LogP contribution in [0.1, 0.15) is 11.3 Å². The lowest BCUT2D eigenvalue weighted by Crippen LogP contribution is -2.02. The zero-order chi connectivity index (χ0) is 13.1. The molecule has 1 aromatic carbocycles. The van der Waals surface area contributed by atoms with E-state index in [0.29, 0.717) is 6.54 Å². The van der Waals surface area contributed by atoms with Crippen LogP contribution in [0.4, 0.5) is 0 Å². The highest BCUT2D eigenvalue weighted by Crippen LogP contribution is 2.22. The van der Waals surface area contributed by atoms with Crippen LogP contribution in [0.15, 0.2) is 54.9 Å². The van der Waals surface area contributed by atoms with Gasteiger partial charge in [0.1, 0.15) is 0 Å².